The smallest absolute Gasteiger partial charge is 0.165 e. The zero-order valence-electron chi connectivity index (χ0n) is 4.99. The molecule has 0 saturated heterocycles. The van der Waals surface area contributed by atoms with Gasteiger partial charge in [-0.05, 0) is 12.8 Å². The highest BCUT2D eigenvalue weighted by atomic mass is 32.1. The number of aromatic nitrogens is 2. The van der Waals surface area contributed by atoms with Crippen molar-refractivity contribution in [1.29, 1.82) is 0 Å². The van der Waals surface area contributed by atoms with E-state index in [1.807, 2.05) is 6.20 Å². The van der Waals surface area contributed by atoms with Crippen LogP contribution in [-0.4, -0.2) is 9.55 Å². The predicted molar refractivity (Wildman–Crippen MR) is 37.8 cm³/mol. The number of thiol groups is 1. The maximum absolute atomic E-state index is 4.18. The van der Waals surface area contributed by atoms with E-state index >= 15 is 0 Å². The molecule has 0 aliphatic heterocycles. The molecule has 0 bridgehead atoms. The molecule has 9 heavy (non-hydrogen) atoms. The van der Waals surface area contributed by atoms with Crippen LogP contribution < -0.4 is 0 Å². The zero-order valence-corrected chi connectivity index (χ0v) is 5.88. The summed E-state index contributed by atoms with van der Waals surface area (Å²) < 4.78 is 2.11. The normalized spacial score (nSPS) is 18.3. The summed E-state index contributed by atoms with van der Waals surface area (Å²) >= 11 is 4.18. The van der Waals surface area contributed by atoms with E-state index in [4.69, 9.17) is 0 Å². The second kappa shape index (κ2) is 1.77. The van der Waals surface area contributed by atoms with Gasteiger partial charge in [-0.15, -0.1) is 12.6 Å². The van der Waals surface area contributed by atoms with Gasteiger partial charge in [-0.2, -0.15) is 0 Å². The lowest BCUT2D eigenvalue weighted by Crippen LogP contribution is -1.90. The zero-order chi connectivity index (χ0) is 6.27. The Morgan fingerprint density at radius 3 is 2.89 bits per heavy atom. The van der Waals surface area contributed by atoms with E-state index in [0.29, 0.717) is 6.04 Å². The Morgan fingerprint density at radius 2 is 2.44 bits per heavy atom. The number of hydrogen-bond donors (Lipinski definition) is 1. The maximum Gasteiger partial charge on any atom is 0.165 e. The minimum atomic E-state index is 0.708. The maximum atomic E-state index is 4.18. The Kier molecular flexibility index (Phi) is 1.05. The van der Waals surface area contributed by atoms with Crippen molar-refractivity contribution in [2.24, 2.45) is 0 Å². The van der Waals surface area contributed by atoms with Crippen LogP contribution in [0, 0.1) is 0 Å². The minimum absolute atomic E-state index is 0.708. The van der Waals surface area contributed by atoms with Gasteiger partial charge in [0.05, 0.1) is 0 Å². The van der Waals surface area contributed by atoms with Crippen molar-refractivity contribution in [2.45, 2.75) is 24.0 Å². The van der Waals surface area contributed by atoms with Crippen LogP contribution in [0.15, 0.2) is 17.6 Å². The first-order valence-electron chi connectivity index (χ1n) is 3.10. The van der Waals surface area contributed by atoms with Gasteiger partial charge in [0, 0.05) is 18.4 Å². The summed E-state index contributed by atoms with van der Waals surface area (Å²) in [7, 11) is 0. The molecule has 2 rings (SSSR count). The highest BCUT2D eigenvalue weighted by Gasteiger charge is 2.24. The van der Waals surface area contributed by atoms with Crippen LogP contribution in [0.3, 0.4) is 0 Å². The van der Waals surface area contributed by atoms with Gasteiger partial charge in [0.25, 0.3) is 0 Å². The van der Waals surface area contributed by atoms with E-state index in [9.17, 15) is 0 Å². The summed E-state index contributed by atoms with van der Waals surface area (Å²) in [6.07, 6.45) is 6.37. The van der Waals surface area contributed by atoms with E-state index in [1.54, 1.807) is 6.20 Å². The van der Waals surface area contributed by atoms with Crippen LogP contribution in [0.25, 0.3) is 0 Å². The Bertz CT molecular complexity index is 215. The molecule has 2 nitrogen and oxygen atoms in total. The minimum Gasteiger partial charge on any atom is -0.323 e. The number of hydrogen-bond acceptors (Lipinski definition) is 2. The Balaban J connectivity index is 2.35. The van der Waals surface area contributed by atoms with Gasteiger partial charge in [0.2, 0.25) is 0 Å². The van der Waals surface area contributed by atoms with Crippen molar-refractivity contribution >= 4 is 12.6 Å². The van der Waals surface area contributed by atoms with Crippen molar-refractivity contribution in [1.82, 2.24) is 9.55 Å². The molecule has 0 N–H and O–H groups in total. The van der Waals surface area contributed by atoms with Gasteiger partial charge in [0.15, 0.2) is 5.16 Å². The van der Waals surface area contributed by atoms with Gasteiger partial charge >= 0.3 is 0 Å². The summed E-state index contributed by atoms with van der Waals surface area (Å²) in [6, 6.07) is 0.708. The van der Waals surface area contributed by atoms with Gasteiger partial charge in [-0.1, -0.05) is 0 Å². The Labute approximate surface area is 59.3 Å². The molecule has 0 aromatic carbocycles. The van der Waals surface area contributed by atoms with Crippen LogP contribution in [0.5, 0.6) is 0 Å². The third-order valence-electron chi connectivity index (χ3n) is 1.59. The predicted octanol–water partition coefficient (Wildman–Crippen LogP) is 1.51. The summed E-state index contributed by atoms with van der Waals surface area (Å²) in [5.41, 5.74) is 0. The largest absolute Gasteiger partial charge is 0.323 e. The standard InChI is InChI=1S/C6H8N2S/c9-6-7-3-4-8(6)5-1-2-5/h3-5H,1-2H2,(H,7,9). The Hall–Kier alpha value is -0.440. The van der Waals surface area contributed by atoms with E-state index in [-0.39, 0.29) is 0 Å². The van der Waals surface area contributed by atoms with Crippen molar-refractivity contribution in [3.8, 4) is 0 Å². The second-order valence-electron chi connectivity index (χ2n) is 2.37. The molecule has 1 aliphatic rings. The number of nitrogens with zero attached hydrogens (tertiary/aromatic N) is 2. The Morgan fingerprint density at radius 1 is 1.67 bits per heavy atom. The summed E-state index contributed by atoms with van der Waals surface area (Å²) in [4.78, 5) is 4.01. The molecule has 0 atom stereocenters. The molecule has 1 aliphatic carbocycles. The van der Waals surface area contributed by atoms with Gasteiger partial charge in [-0.3, -0.25) is 0 Å². The van der Waals surface area contributed by atoms with Crippen LogP contribution in [0.1, 0.15) is 18.9 Å². The molecule has 0 unspecified atom stereocenters. The molecule has 0 spiro atoms. The molecule has 1 aromatic heterocycles. The third kappa shape index (κ3) is 0.852. The molecular formula is C6H8N2S. The van der Waals surface area contributed by atoms with Gasteiger partial charge in [-0.25, -0.2) is 4.98 Å². The van der Waals surface area contributed by atoms with Gasteiger partial charge < -0.3 is 4.57 Å². The summed E-state index contributed by atoms with van der Waals surface area (Å²) in [5.74, 6) is 0. The first-order valence-corrected chi connectivity index (χ1v) is 3.54. The molecule has 1 fully saturated rings. The number of rotatable bonds is 1. The van der Waals surface area contributed by atoms with Crippen molar-refractivity contribution < 1.29 is 0 Å². The molecule has 0 amide bonds. The lowest BCUT2D eigenvalue weighted by atomic mass is 10.7. The van der Waals surface area contributed by atoms with E-state index in [0.717, 1.165) is 5.16 Å². The van der Waals surface area contributed by atoms with Crippen molar-refractivity contribution in [3.05, 3.63) is 12.4 Å². The molecule has 1 aromatic rings. The highest BCUT2D eigenvalue weighted by Crippen LogP contribution is 2.35. The fraction of sp³-hybridized carbons (Fsp3) is 0.500. The van der Waals surface area contributed by atoms with Crippen molar-refractivity contribution in [3.63, 3.8) is 0 Å². The topological polar surface area (TPSA) is 17.8 Å². The third-order valence-corrected chi connectivity index (χ3v) is 1.93. The van der Waals surface area contributed by atoms with Crippen LogP contribution in [-0.2, 0) is 0 Å². The lowest BCUT2D eigenvalue weighted by molar-refractivity contribution is 0.665. The SMILES string of the molecule is Sc1nccn1C1CC1. The van der Waals surface area contributed by atoms with E-state index in [1.165, 1.54) is 12.8 Å². The van der Waals surface area contributed by atoms with E-state index < -0.39 is 0 Å². The van der Waals surface area contributed by atoms with Crippen LogP contribution in [0.4, 0.5) is 0 Å². The van der Waals surface area contributed by atoms with Crippen molar-refractivity contribution in [2.75, 3.05) is 0 Å². The summed E-state index contributed by atoms with van der Waals surface area (Å²) in [6.45, 7) is 0. The molecule has 1 heterocycles. The van der Waals surface area contributed by atoms with E-state index in [2.05, 4.69) is 22.2 Å². The average Bonchev–Trinajstić information content (AvgIpc) is 2.58. The fourth-order valence-electron chi connectivity index (χ4n) is 0.943. The van der Waals surface area contributed by atoms with Crippen LogP contribution >= 0.6 is 12.6 Å². The average molecular weight is 140 g/mol. The van der Waals surface area contributed by atoms with Gasteiger partial charge in [0.1, 0.15) is 0 Å². The monoisotopic (exact) mass is 140 g/mol. The van der Waals surface area contributed by atoms with Crippen LogP contribution in [0.2, 0.25) is 0 Å². The molecular weight excluding hydrogens is 132 g/mol. The highest BCUT2D eigenvalue weighted by molar-refractivity contribution is 7.80. The summed E-state index contributed by atoms with van der Waals surface area (Å²) in [5, 5.41) is 0.845. The molecule has 0 radical (unpaired) electrons. The quantitative estimate of drug-likeness (QED) is 0.585. The second-order valence-corrected chi connectivity index (χ2v) is 2.77. The molecule has 1 saturated carbocycles. The molecule has 3 heteroatoms. The lowest BCUT2D eigenvalue weighted by Gasteiger charge is -1.97. The first kappa shape index (κ1) is 5.35. The number of imidazole rings is 1. The molecule has 48 valence electrons. The fourth-order valence-corrected chi connectivity index (χ4v) is 1.24. The first-order chi connectivity index (χ1) is 4.38.